The monoisotopic (exact) mass is 507 g/mol. The molecule has 0 saturated carbocycles. The molecule has 1 amide bonds. The summed E-state index contributed by atoms with van der Waals surface area (Å²) in [4.78, 5) is 22.4. The van der Waals surface area contributed by atoms with Crippen LogP contribution in [0.25, 0.3) is 0 Å². The molecule has 1 N–H and O–H groups in total. The first kappa shape index (κ1) is 27.1. The number of amides is 1. The Balaban J connectivity index is 1.33. The number of pyridine rings is 1. The lowest BCUT2D eigenvalue weighted by molar-refractivity contribution is -0.137. The van der Waals surface area contributed by atoms with Crippen LogP contribution in [-0.2, 0) is 11.0 Å². The molecule has 1 aromatic rings. The summed E-state index contributed by atoms with van der Waals surface area (Å²) in [5.41, 5.74) is -0.301. The van der Waals surface area contributed by atoms with Crippen LogP contribution < -0.4 is 10.2 Å². The first-order valence-electron chi connectivity index (χ1n) is 11.7. The molecule has 0 radical (unpaired) electrons. The SMILES string of the molecule is C/C(=C\CC(F)(F)F)N[C@@H]1CCN(C(=O)CCCN2CCN(c3ccc(C(F)(F)F)cn3)CC2)C1. The second-order valence-corrected chi connectivity index (χ2v) is 9.01. The fourth-order valence-corrected chi connectivity index (χ4v) is 4.31. The number of nitrogens with one attached hydrogen (secondary N) is 1. The van der Waals surface area contributed by atoms with Gasteiger partial charge in [-0.1, -0.05) is 6.08 Å². The summed E-state index contributed by atoms with van der Waals surface area (Å²) in [6, 6.07) is 2.39. The van der Waals surface area contributed by atoms with Gasteiger partial charge in [0.25, 0.3) is 0 Å². The van der Waals surface area contributed by atoms with Gasteiger partial charge in [-0.3, -0.25) is 9.69 Å². The molecule has 2 fully saturated rings. The second kappa shape index (κ2) is 11.5. The number of alkyl halides is 6. The number of piperazine rings is 1. The van der Waals surface area contributed by atoms with Gasteiger partial charge in [0.2, 0.25) is 5.91 Å². The van der Waals surface area contributed by atoms with E-state index >= 15 is 0 Å². The highest BCUT2D eigenvalue weighted by molar-refractivity contribution is 5.76. The van der Waals surface area contributed by atoms with E-state index in [2.05, 4.69) is 15.2 Å². The molecule has 196 valence electrons. The molecule has 2 aliphatic rings. The summed E-state index contributed by atoms with van der Waals surface area (Å²) in [6.07, 6.45) is -5.84. The number of aromatic nitrogens is 1. The highest BCUT2D eigenvalue weighted by atomic mass is 19.4. The van der Waals surface area contributed by atoms with Crippen LogP contribution in [0.15, 0.2) is 30.1 Å². The Bertz CT molecular complexity index is 863. The van der Waals surface area contributed by atoms with E-state index in [1.165, 1.54) is 6.07 Å². The largest absolute Gasteiger partial charge is 0.417 e. The summed E-state index contributed by atoms with van der Waals surface area (Å²) in [5, 5.41) is 3.07. The Kier molecular flexibility index (Phi) is 8.89. The highest BCUT2D eigenvalue weighted by Gasteiger charge is 2.31. The number of hydrogen-bond donors (Lipinski definition) is 1. The van der Waals surface area contributed by atoms with Crippen LogP contribution in [0.2, 0.25) is 0 Å². The molecule has 6 nitrogen and oxygen atoms in total. The van der Waals surface area contributed by atoms with Gasteiger partial charge < -0.3 is 15.1 Å². The number of carbonyl (C=O) groups is 1. The maximum atomic E-state index is 12.7. The number of likely N-dealkylation sites (tertiary alicyclic amines) is 1. The summed E-state index contributed by atoms with van der Waals surface area (Å²) in [5.74, 6) is 0.562. The number of nitrogens with zero attached hydrogens (tertiary/aromatic N) is 4. The number of hydrogen-bond acceptors (Lipinski definition) is 5. The zero-order valence-electron chi connectivity index (χ0n) is 19.6. The lowest BCUT2D eigenvalue weighted by atomic mass is 10.2. The summed E-state index contributed by atoms with van der Waals surface area (Å²) < 4.78 is 75.1. The minimum atomic E-state index is -4.40. The molecule has 0 spiro atoms. The highest BCUT2D eigenvalue weighted by Crippen LogP contribution is 2.29. The minimum absolute atomic E-state index is 0.0406. The van der Waals surface area contributed by atoms with Crippen LogP contribution in [-0.4, -0.2) is 78.7 Å². The Labute approximate surface area is 201 Å². The molecule has 35 heavy (non-hydrogen) atoms. The maximum absolute atomic E-state index is 12.7. The lowest BCUT2D eigenvalue weighted by Crippen LogP contribution is -2.47. The van der Waals surface area contributed by atoms with Crippen LogP contribution in [0.5, 0.6) is 0 Å². The topological polar surface area (TPSA) is 51.7 Å². The fraction of sp³-hybridized carbons (Fsp3) is 0.652. The van der Waals surface area contributed by atoms with Crippen molar-refractivity contribution in [3.8, 4) is 0 Å². The van der Waals surface area contributed by atoms with Crippen molar-refractivity contribution in [3.05, 3.63) is 35.7 Å². The number of rotatable bonds is 8. The Hall–Kier alpha value is -2.50. The molecule has 0 aliphatic carbocycles. The van der Waals surface area contributed by atoms with Crippen LogP contribution in [0, 0.1) is 0 Å². The molecule has 2 saturated heterocycles. The van der Waals surface area contributed by atoms with Crippen molar-refractivity contribution in [3.63, 3.8) is 0 Å². The van der Waals surface area contributed by atoms with Gasteiger partial charge in [0.05, 0.1) is 12.0 Å². The zero-order valence-corrected chi connectivity index (χ0v) is 19.6. The Morgan fingerprint density at radius 3 is 2.43 bits per heavy atom. The predicted octanol–water partition coefficient (Wildman–Crippen LogP) is 4.05. The average Bonchev–Trinajstić information content (AvgIpc) is 3.26. The molecule has 1 aromatic heterocycles. The summed E-state index contributed by atoms with van der Waals surface area (Å²) in [7, 11) is 0. The number of carbonyl (C=O) groups excluding carboxylic acids is 1. The summed E-state index contributed by atoms with van der Waals surface area (Å²) in [6.45, 7) is 6.17. The molecule has 2 aliphatic heterocycles. The molecule has 3 rings (SSSR count). The van der Waals surface area contributed by atoms with Crippen molar-refractivity contribution >= 4 is 11.7 Å². The quantitative estimate of drug-likeness (QED) is 0.539. The van der Waals surface area contributed by atoms with Gasteiger partial charge in [0.1, 0.15) is 5.82 Å². The van der Waals surface area contributed by atoms with Gasteiger partial charge in [-0.05, 0) is 38.4 Å². The van der Waals surface area contributed by atoms with E-state index in [-0.39, 0.29) is 11.9 Å². The third-order valence-corrected chi connectivity index (χ3v) is 6.25. The van der Waals surface area contributed by atoms with Crippen LogP contribution in [0.3, 0.4) is 0 Å². The number of halogens is 6. The first-order chi connectivity index (χ1) is 16.4. The third-order valence-electron chi connectivity index (χ3n) is 6.25. The lowest BCUT2D eigenvalue weighted by Gasteiger charge is -2.35. The van der Waals surface area contributed by atoms with E-state index in [4.69, 9.17) is 0 Å². The van der Waals surface area contributed by atoms with E-state index in [0.29, 0.717) is 57.0 Å². The van der Waals surface area contributed by atoms with Crippen LogP contribution >= 0.6 is 0 Å². The van der Waals surface area contributed by atoms with Gasteiger partial charge >= 0.3 is 12.4 Å². The van der Waals surface area contributed by atoms with Gasteiger partial charge in [-0.15, -0.1) is 0 Å². The molecule has 0 unspecified atom stereocenters. The van der Waals surface area contributed by atoms with Crippen molar-refractivity contribution < 1.29 is 31.1 Å². The predicted molar refractivity (Wildman–Crippen MR) is 120 cm³/mol. The number of allylic oxidation sites excluding steroid dienone is 2. The standard InChI is InChI=1S/C23H31F6N5O/c1-17(6-8-22(24,25)26)31-19-7-10-34(16-19)21(35)3-2-9-32-11-13-33(14-12-32)20-5-4-18(15-30-20)23(27,28)29/h4-6,15,19,31H,2-3,7-14,16H2,1H3/b17-6+/t19-/m1/s1. The first-order valence-corrected chi connectivity index (χ1v) is 11.7. The van der Waals surface area contributed by atoms with Crippen molar-refractivity contribution in [2.24, 2.45) is 0 Å². The molecule has 3 heterocycles. The zero-order chi connectivity index (χ0) is 25.6. The van der Waals surface area contributed by atoms with Crippen molar-refractivity contribution in [1.29, 1.82) is 0 Å². The molecule has 1 atom stereocenters. The summed E-state index contributed by atoms with van der Waals surface area (Å²) >= 11 is 0. The smallest absolute Gasteiger partial charge is 0.384 e. The van der Waals surface area contributed by atoms with Gasteiger partial charge in [-0.25, -0.2) is 4.98 Å². The van der Waals surface area contributed by atoms with E-state index in [1.807, 2.05) is 4.90 Å². The van der Waals surface area contributed by atoms with E-state index in [1.54, 1.807) is 11.8 Å². The van der Waals surface area contributed by atoms with Crippen molar-refractivity contribution in [1.82, 2.24) is 20.1 Å². The molecule has 0 aromatic carbocycles. The van der Waals surface area contributed by atoms with Gasteiger partial charge in [-0.2, -0.15) is 26.3 Å². The van der Waals surface area contributed by atoms with E-state index in [9.17, 15) is 31.1 Å². The third kappa shape index (κ3) is 8.59. The molecular formula is C23H31F6N5O. The molecule has 0 bridgehead atoms. The Morgan fingerprint density at radius 1 is 1.11 bits per heavy atom. The molecular weight excluding hydrogens is 476 g/mol. The van der Waals surface area contributed by atoms with E-state index < -0.39 is 24.3 Å². The van der Waals surface area contributed by atoms with Crippen LogP contribution in [0.1, 0.15) is 38.2 Å². The average molecular weight is 508 g/mol. The van der Waals surface area contributed by atoms with Crippen LogP contribution in [0.4, 0.5) is 32.2 Å². The fourth-order valence-electron chi connectivity index (χ4n) is 4.31. The number of anilines is 1. The van der Waals surface area contributed by atoms with Gasteiger partial charge in [0.15, 0.2) is 0 Å². The normalized spacial score (nSPS) is 20.4. The van der Waals surface area contributed by atoms with E-state index in [0.717, 1.165) is 38.0 Å². The van der Waals surface area contributed by atoms with Crippen molar-refractivity contribution in [2.45, 2.75) is 51.0 Å². The Morgan fingerprint density at radius 2 is 1.83 bits per heavy atom. The second-order valence-electron chi connectivity index (χ2n) is 9.01. The van der Waals surface area contributed by atoms with Crippen molar-refractivity contribution in [2.75, 3.05) is 50.7 Å². The molecule has 12 heteroatoms. The minimum Gasteiger partial charge on any atom is -0.384 e. The van der Waals surface area contributed by atoms with Gasteiger partial charge in [0, 0.05) is 63.6 Å². The maximum Gasteiger partial charge on any atom is 0.417 e.